The average molecular weight is 492 g/mol. The van der Waals surface area contributed by atoms with E-state index in [0.29, 0.717) is 36.9 Å². The van der Waals surface area contributed by atoms with Crippen molar-refractivity contribution in [3.05, 3.63) is 41.9 Å². The second kappa shape index (κ2) is 13.0. The van der Waals surface area contributed by atoms with Gasteiger partial charge in [0.2, 0.25) is 17.7 Å². The number of carbonyl (C=O) groups is 3. The van der Waals surface area contributed by atoms with E-state index >= 15 is 0 Å². The van der Waals surface area contributed by atoms with Crippen molar-refractivity contribution in [3.8, 4) is 11.3 Å². The van der Waals surface area contributed by atoms with Crippen LogP contribution in [0.15, 0.2) is 24.4 Å². The molecule has 0 saturated heterocycles. The van der Waals surface area contributed by atoms with E-state index in [4.69, 9.17) is 0 Å². The Balaban J connectivity index is 2.14. The van der Waals surface area contributed by atoms with E-state index in [2.05, 4.69) is 20.6 Å². The second-order valence-electron chi connectivity index (χ2n) is 8.86. The van der Waals surface area contributed by atoms with Gasteiger partial charge in [-0.25, -0.2) is 13.8 Å². The van der Waals surface area contributed by atoms with Crippen LogP contribution < -0.4 is 10.6 Å². The Hall–Kier alpha value is -3.30. The summed E-state index contributed by atoms with van der Waals surface area (Å²) in [4.78, 5) is 46.9. The zero-order chi connectivity index (χ0) is 26.1. The maximum Gasteiger partial charge on any atom is 0.243 e. The number of benzene rings is 1. The standard InChI is InChI=1S/C25H35F2N5O3/c1-6-32(7-2)23(34)13-20(30-22(33)11-8-15(3)4)25(35)29-16(5)24-28-14-21(31-24)18-10-9-17(26)12-19(18)27/h9-10,12,14-16,20H,6-8,11,13H2,1-5H3,(H,28,31)(H,29,35)(H,30,33). The molecule has 0 radical (unpaired) electrons. The molecule has 35 heavy (non-hydrogen) atoms. The van der Waals surface area contributed by atoms with Crippen LogP contribution >= 0.6 is 0 Å². The van der Waals surface area contributed by atoms with Crippen LogP contribution in [0.4, 0.5) is 8.78 Å². The van der Waals surface area contributed by atoms with Crippen molar-refractivity contribution in [2.75, 3.05) is 13.1 Å². The summed E-state index contributed by atoms with van der Waals surface area (Å²) in [5, 5.41) is 5.46. The van der Waals surface area contributed by atoms with Gasteiger partial charge in [-0.05, 0) is 45.2 Å². The number of H-pyrrole nitrogens is 1. The Labute approximate surface area is 204 Å². The molecule has 8 nitrogen and oxygen atoms in total. The smallest absolute Gasteiger partial charge is 0.243 e. The molecule has 2 rings (SSSR count). The molecule has 0 spiro atoms. The zero-order valence-corrected chi connectivity index (χ0v) is 21.0. The van der Waals surface area contributed by atoms with Crippen LogP contribution in [0.1, 0.15) is 65.7 Å². The van der Waals surface area contributed by atoms with E-state index in [0.717, 1.165) is 12.1 Å². The number of rotatable bonds is 12. The molecule has 0 aliphatic carbocycles. The van der Waals surface area contributed by atoms with Gasteiger partial charge in [0.15, 0.2) is 0 Å². The van der Waals surface area contributed by atoms with Crippen molar-refractivity contribution in [2.24, 2.45) is 5.92 Å². The van der Waals surface area contributed by atoms with Gasteiger partial charge >= 0.3 is 0 Å². The molecule has 2 atom stereocenters. The van der Waals surface area contributed by atoms with Crippen LogP contribution in [0.5, 0.6) is 0 Å². The summed E-state index contributed by atoms with van der Waals surface area (Å²) < 4.78 is 27.3. The van der Waals surface area contributed by atoms with Gasteiger partial charge in [0.1, 0.15) is 23.5 Å². The number of nitrogens with one attached hydrogen (secondary N) is 3. The van der Waals surface area contributed by atoms with Gasteiger partial charge in [0.05, 0.1) is 24.4 Å². The fourth-order valence-electron chi connectivity index (χ4n) is 3.56. The third-order valence-electron chi connectivity index (χ3n) is 5.68. The first kappa shape index (κ1) is 27.9. The Morgan fingerprint density at radius 2 is 1.77 bits per heavy atom. The first-order valence-electron chi connectivity index (χ1n) is 11.9. The summed E-state index contributed by atoms with van der Waals surface area (Å²) in [6.45, 7) is 10.4. The lowest BCUT2D eigenvalue weighted by Crippen LogP contribution is -2.50. The lowest BCUT2D eigenvalue weighted by Gasteiger charge is -2.24. The third kappa shape index (κ3) is 8.15. The van der Waals surface area contributed by atoms with E-state index in [9.17, 15) is 23.2 Å². The van der Waals surface area contributed by atoms with Gasteiger partial charge in [-0.2, -0.15) is 0 Å². The molecule has 0 aliphatic rings. The zero-order valence-electron chi connectivity index (χ0n) is 21.0. The predicted octanol–water partition coefficient (Wildman–Crippen LogP) is 3.71. The number of carbonyl (C=O) groups excluding carboxylic acids is 3. The molecule has 3 amide bonds. The SMILES string of the molecule is CCN(CC)C(=O)CC(NC(=O)CCC(C)C)C(=O)NC(C)c1ncc(-c2ccc(F)cc2F)[nH]1. The molecule has 192 valence electrons. The maximum absolute atomic E-state index is 14.1. The highest BCUT2D eigenvalue weighted by molar-refractivity contribution is 5.92. The van der Waals surface area contributed by atoms with Crippen molar-refractivity contribution in [3.63, 3.8) is 0 Å². The highest BCUT2D eigenvalue weighted by atomic mass is 19.1. The maximum atomic E-state index is 14.1. The Morgan fingerprint density at radius 1 is 1.09 bits per heavy atom. The third-order valence-corrected chi connectivity index (χ3v) is 5.68. The number of hydrogen-bond acceptors (Lipinski definition) is 4. The number of aromatic amines is 1. The van der Waals surface area contributed by atoms with Gasteiger partial charge in [-0.3, -0.25) is 14.4 Å². The van der Waals surface area contributed by atoms with Gasteiger partial charge in [-0.15, -0.1) is 0 Å². The summed E-state index contributed by atoms with van der Waals surface area (Å²) in [5.41, 5.74) is 0.470. The lowest BCUT2D eigenvalue weighted by atomic mass is 10.1. The summed E-state index contributed by atoms with van der Waals surface area (Å²) in [5.74, 6) is -1.82. The van der Waals surface area contributed by atoms with E-state index in [-0.39, 0.29) is 30.2 Å². The fourth-order valence-corrected chi connectivity index (χ4v) is 3.56. The van der Waals surface area contributed by atoms with Crippen molar-refractivity contribution in [1.82, 2.24) is 25.5 Å². The van der Waals surface area contributed by atoms with Crippen molar-refractivity contribution in [1.29, 1.82) is 0 Å². The van der Waals surface area contributed by atoms with E-state index in [1.807, 2.05) is 27.7 Å². The molecule has 10 heteroatoms. The van der Waals surface area contributed by atoms with Gasteiger partial charge in [0.25, 0.3) is 0 Å². The number of nitrogens with zero attached hydrogens (tertiary/aromatic N) is 2. The molecule has 2 unspecified atom stereocenters. The minimum absolute atomic E-state index is 0.142. The van der Waals surface area contributed by atoms with Crippen molar-refractivity contribution in [2.45, 2.75) is 66.0 Å². The van der Waals surface area contributed by atoms with Gasteiger partial charge in [0, 0.05) is 31.1 Å². The summed E-state index contributed by atoms with van der Waals surface area (Å²) in [6, 6.07) is 1.55. The molecule has 3 N–H and O–H groups in total. The largest absolute Gasteiger partial charge is 0.345 e. The molecule has 2 aromatic rings. The highest BCUT2D eigenvalue weighted by Crippen LogP contribution is 2.23. The molecule has 1 aromatic carbocycles. The second-order valence-corrected chi connectivity index (χ2v) is 8.86. The molecular weight excluding hydrogens is 456 g/mol. The Kier molecular flexibility index (Phi) is 10.4. The van der Waals surface area contributed by atoms with Crippen molar-refractivity contribution < 1.29 is 23.2 Å². The number of imidazole rings is 1. The number of halogens is 2. The monoisotopic (exact) mass is 491 g/mol. The van der Waals surface area contributed by atoms with E-state index in [1.54, 1.807) is 11.8 Å². The van der Waals surface area contributed by atoms with Crippen LogP contribution in [0, 0.1) is 17.6 Å². The van der Waals surface area contributed by atoms with Gasteiger partial charge < -0.3 is 20.5 Å². The van der Waals surface area contributed by atoms with Crippen LogP contribution in [0.2, 0.25) is 0 Å². The number of hydrogen-bond donors (Lipinski definition) is 3. The molecule has 1 heterocycles. The minimum Gasteiger partial charge on any atom is -0.345 e. The molecule has 0 bridgehead atoms. The fraction of sp³-hybridized carbons (Fsp3) is 0.520. The summed E-state index contributed by atoms with van der Waals surface area (Å²) in [6.07, 6.45) is 2.14. The normalized spacial score (nSPS) is 12.8. The molecular formula is C25H35F2N5O3. The summed E-state index contributed by atoms with van der Waals surface area (Å²) in [7, 11) is 0. The van der Waals surface area contributed by atoms with Crippen molar-refractivity contribution >= 4 is 17.7 Å². The summed E-state index contributed by atoms with van der Waals surface area (Å²) >= 11 is 0. The highest BCUT2D eigenvalue weighted by Gasteiger charge is 2.27. The molecule has 0 fully saturated rings. The Morgan fingerprint density at radius 3 is 2.37 bits per heavy atom. The van der Waals surface area contributed by atoms with Gasteiger partial charge in [-0.1, -0.05) is 13.8 Å². The van der Waals surface area contributed by atoms with Crippen LogP contribution in [0.25, 0.3) is 11.3 Å². The Bertz CT molecular complexity index is 1020. The molecule has 1 aromatic heterocycles. The first-order valence-corrected chi connectivity index (χ1v) is 11.9. The average Bonchev–Trinajstić information content (AvgIpc) is 3.28. The van der Waals surface area contributed by atoms with E-state index in [1.165, 1.54) is 12.3 Å². The van der Waals surface area contributed by atoms with Crippen LogP contribution in [-0.2, 0) is 14.4 Å². The molecule has 0 saturated carbocycles. The minimum atomic E-state index is -1.05. The van der Waals surface area contributed by atoms with Crippen LogP contribution in [-0.4, -0.2) is 51.7 Å². The topological polar surface area (TPSA) is 107 Å². The predicted molar refractivity (Wildman–Crippen MR) is 129 cm³/mol. The first-order chi connectivity index (χ1) is 16.5. The van der Waals surface area contributed by atoms with E-state index < -0.39 is 29.6 Å². The molecule has 0 aliphatic heterocycles. The number of aromatic nitrogens is 2. The lowest BCUT2D eigenvalue weighted by molar-refractivity contribution is -0.136. The number of amides is 3. The quantitative estimate of drug-likeness (QED) is 0.421. The van der Waals surface area contributed by atoms with Crippen LogP contribution in [0.3, 0.4) is 0 Å².